The molecule has 0 radical (unpaired) electrons. The molecule has 2 aliphatic rings. The number of nitrogens with zero attached hydrogens (tertiary/aromatic N) is 7. The second kappa shape index (κ2) is 14.8. The fourth-order valence-corrected chi connectivity index (χ4v) is 6.24. The predicted octanol–water partition coefficient (Wildman–Crippen LogP) is -1.01. The third kappa shape index (κ3) is 8.27. The first-order valence-corrected chi connectivity index (χ1v) is 15.8. The smallest absolute Gasteiger partial charge is 0.390 e. The van der Waals surface area contributed by atoms with E-state index in [9.17, 15) is 33.7 Å². The van der Waals surface area contributed by atoms with E-state index in [1.807, 2.05) is 0 Å². The number of hydrogen-bond acceptors (Lipinski definition) is 18. The van der Waals surface area contributed by atoms with E-state index in [1.165, 1.54) is 28.1 Å². The summed E-state index contributed by atoms with van der Waals surface area (Å²) in [5, 5.41) is 10.6. The zero-order valence-corrected chi connectivity index (χ0v) is 28.1. The number of nitrogens with two attached hydrogens (primary N) is 2. The number of rotatable bonds is 10. The minimum absolute atomic E-state index is 0. The topological polar surface area (TPSA) is 390 Å². The number of aromatic amines is 1. The average Bonchev–Trinajstić information content (AvgIpc) is 3.71. The largest absolute Gasteiger partial charge is 2.00 e. The summed E-state index contributed by atoms with van der Waals surface area (Å²) in [6, 6.07) is 0. The Morgan fingerprint density at radius 1 is 0.915 bits per heavy atom. The van der Waals surface area contributed by atoms with Crippen LogP contribution in [-0.2, 0) is 53.2 Å². The molecule has 0 bridgehead atoms. The monoisotopic (exact) mass is 889 g/mol. The zero-order chi connectivity index (χ0) is 31.4. The van der Waals surface area contributed by atoms with Gasteiger partial charge in [-0.1, -0.05) is 0 Å². The minimum atomic E-state index is -4.94. The van der Waals surface area contributed by atoms with Crippen molar-refractivity contribution >= 4 is 49.7 Å². The van der Waals surface area contributed by atoms with Gasteiger partial charge in [-0.05, 0) is 0 Å². The Kier molecular flexibility index (Phi) is 12.1. The number of fused-ring (bicyclic) bond motifs is 2. The SMILES string of the molecule is N.N.Nc1nc2c(ncn2[C@H]2C[C@H](O)[C@@H](COP(=O)(O)O[C@H]3C[C@H](n4cnc5c(N)ncnc54)O[C@@H]3COP(=O)(O)O)O2)c(=O)[nH]1.[Pt+2]. The number of phosphoric ester groups is 2. The molecule has 15 N–H and O–H groups in total. The van der Waals surface area contributed by atoms with Gasteiger partial charge in [-0.2, -0.15) is 4.98 Å². The molecule has 0 aliphatic carbocycles. The summed E-state index contributed by atoms with van der Waals surface area (Å²) in [7, 11) is -9.84. The number of nitrogen functional groups attached to an aromatic ring is 2. The van der Waals surface area contributed by atoms with Crippen LogP contribution < -0.4 is 29.3 Å². The number of imidazole rings is 2. The summed E-state index contributed by atoms with van der Waals surface area (Å²) in [4.78, 5) is 63.4. The quantitative estimate of drug-likeness (QED) is 0.0862. The third-order valence-electron chi connectivity index (χ3n) is 6.92. The number of nitrogens with one attached hydrogen (secondary N) is 1. The molecule has 262 valence electrons. The Morgan fingerprint density at radius 3 is 2.23 bits per heavy atom. The summed E-state index contributed by atoms with van der Waals surface area (Å²) < 4.78 is 53.8. The van der Waals surface area contributed by atoms with Gasteiger partial charge < -0.3 is 53.0 Å². The molecule has 1 unspecified atom stereocenters. The molecule has 0 spiro atoms. The summed E-state index contributed by atoms with van der Waals surface area (Å²) in [6.07, 6.45) is -2.87. The van der Waals surface area contributed by atoms with Crippen molar-refractivity contribution in [2.45, 2.75) is 49.7 Å². The van der Waals surface area contributed by atoms with Crippen molar-refractivity contribution in [1.82, 2.24) is 51.3 Å². The van der Waals surface area contributed by atoms with Crippen LogP contribution in [0.25, 0.3) is 22.3 Å². The summed E-state index contributed by atoms with van der Waals surface area (Å²) >= 11 is 0. The Labute approximate surface area is 277 Å². The Balaban J connectivity index is 0.00000200. The molecule has 4 aromatic rings. The molecule has 4 aromatic heterocycles. The van der Waals surface area contributed by atoms with Crippen molar-refractivity contribution in [1.29, 1.82) is 0 Å². The van der Waals surface area contributed by atoms with Crippen molar-refractivity contribution in [3.8, 4) is 0 Å². The molecule has 6 heterocycles. The first-order chi connectivity index (χ1) is 20.8. The van der Waals surface area contributed by atoms with Crippen LogP contribution in [0.15, 0.2) is 23.8 Å². The zero-order valence-electron chi connectivity index (χ0n) is 24.0. The summed E-state index contributed by atoms with van der Waals surface area (Å²) in [5.74, 6) is -0.0506. The van der Waals surface area contributed by atoms with Crippen LogP contribution in [0.1, 0.15) is 25.3 Å². The van der Waals surface area contributed by atoms with Crippen LogP contribution in [0.3, 0.4) is 0 Å². The number of aromatic nitrogens is 8. The van der Waals surface area contributed by atoms with E-state index >= 15 is 0 Å². The average molecular weight is 890 g/mol. The second-order valence-electron chi connectivity index (χ2n) is 9.85. The maximum atomic E-state index is 13.0. The van der Waals surface area contributed by atoms with Gasteiger partial charge >= 0.3 is 36.7 Å². The molecule has 24 nitrogen and oxygen atoms in total. The normalized spacial score (nSPS) is 25.6. The van der Waals surface area contributed by atoms with E-state index < -0.39 is 71.3 Å². The first kappa shape index (κ1) is 38.7. The maximum Gasteiger partial charge on any atom is 2.00 e. The van der Waals surface area contributed by atoms with Gasteiger partial charge in [-0.15, -0.1) is 0 Å². The molecule has 2 fully saturated rings. The number of aliphatic hydroxyl groups excluding tert-OH is 1. The van der Waals surface area contributed by atoms with Crippen molar-refractivity contribution in [3.05, 3.63) is 29.3 Å². The number of ether oxygens (including phenoxy) is 2. The van der Waals surface area contributed by atoms with Gasteiger partial charge in [0.25, 0.3) is 5.56 Å². The molecule has 0 amide bonds. The molecule has 0 saturated carbocycles. The van der Waals surface area contributed by atoms with Gasteiger partial charge in [0.1, 0.15) is 42.6 Å². The molecule has 47 heavy (non-hydrogen) atoms. The van der Waals surface area contributed by atoms with E-state index in [1.54, 1.807) is 0 Å². The van der Waals surface area contributed by atoms with Gasteiger partial charge in [0.2, 0.25) is 5.95 Å². The van der Waals surface area contributed by atoms with Crippen molar-refractivity contribution in [2.24, 2.45) is 0 Å². The Bertz CT molecular complexity index is 1850. The molecule has 7 atom stereocenters. The number of anilines is 2. The number of hydrogen-bond donors (Lipinski definition) is 9. The molecule has 27 heteroatoms. The van der Waals surface area contributed by atoms with Crippen LogP contribution in [0.2, 0.25) is 0 Å². The molecular formula is C20H32N12O12P2Pt+2. The molecule has 6 rings (SSSR count). The third-order valence-corrected chi connectivity index (χ3v) is 8.42. The molecular weight excluding hydrogens is 857 g/mol. The fourth-order valence-electron chi connectivity index (χ4n) is 4.94. The maximum absolute atomic E-state index is 13.0. The number of H-pyrrole nitrogens is 1. The van der Waals surface area contributed by atoms with E-state index in [0.717, 1.165) is 0 Å². The molecule has 2 saturated heterocycles. The van der Waals surface area contributed by atoms with Gasteiger partial charge in [0, 0.05) is 12.8 Å². The van der Waals surface area contributed by atoms with Crippen LogP contribution >= 0.6 is 15.6 Å². The van der Waals surface area contributed by atoms with E-state index in [0.29, 0.717) is 0 Å². The Hall–Kier alpha value is -2.79. The van der Waals surface area contributed by atoms with Crippen molar-refractivity contribution in [2.75, 3.05) is 24.7 Å². The molecule has 2 aliphatic heterocycles. The Morgan fingerprint density at radius 2 is 1.53 bits per heavy atom. The van der Waals surface area contributed by atoms with Crippen LogP contribution in [-0.4, -0.2) is 96.5 Å². The predicted molar refractivity (Wildman–Crippen MR) is 154 cm³/mol. The van der Waals surface area contributed by atoms with Crippen molar-refractivity contribution in [3.63, 3.8) is 0 Å². The van der Waals surface area contributed by atoms with Gasteiger partial charge in [0.15, 0.2) is 22.6 Å². The van der Waals surface area contributed by atoms with Crippen LogP contribution in [0.5, 0.6) is 0 Å². The fraction of sp³-hybridized carbons (Fsp3) is 0.500. The first-order valence-electron chi connectivity index (χ1n) is 12.8. The van der Waals surface area contributed by atoms with Gasteiger partial charge in [-0.25, -0.2) is 29.1 Å². The standard InChI is InChI=1S/C20H26N10O12P2.2H3N.Pt/c21-16-14-17(24-5-23-16)29(6-25-14)13-2-9(11(41-13)4-38-43(33,34)35)42-44(36,37)39-3-10-8(31)1-12(40-10)30-7-26-15-18(30)27-20(22)28-19(15)32;;;/h5-13,31H,1-4H2,(H,36,37)(H2,21,23,24)(H2,33,34,35)(H3,22,27,28,32);2*1H3;/q;;;+2/t8-,9-,10+,11+,12+,13+;;;/m0.../s1. The summed E-state index contributed by atoms with van der Waals surface area (Å²) in [5.41, 5.74) is 11.5. The summed E-state index contributed by atoms with van der Waals surface area (Å²) in [6.45, 7) is -1.31. The number of phosphoric acid groups is 2. The van der Waals surface area contributed by atoms with Gasteiger partial charge in [-0.3, -0.25) is 32.5 Å². The second-order valence-corrected chi connectivity index (χ2v) is 12.5. The van der Waals surface area contributed by atoms with E-state index in [4.69, 9.17) is 30.0 Å². The van der Waals surface area contributed by atoms with Crippen LogP contribution in [0, 0.1) is 0 Å². The van der Waals surface area contributed by atoms with Crippen molar-refractivity contribution < 1.29 is 73.0 Å². The van der Waals surface area contributed by atoms with E-state index in [-0.39, 0.29) is 80.3 Å². The minimum Gasteiger partial charge on any atom is -0.390 e. The number of aliphatic hydroxyl groups is 1. The molecule has 0 aromatic carbocycles. The van der Waals surface area contributed by atoms with Crippen LogP contribution in [0.4, 0.5) is 11.8 Å². The van der Waals surface area contributed by atoms with E-state index in [2.05, 4.69) is 34.4 Å². The van der Waals surface area contributed by atoms with Gasteiger partial charge in [0.05, 0.1) is 32.0 Å².